The Morgan fingerprint density at radius 1 is 1.12 bits per heavy atom. The van der Waals surface area contributed by atoms with Crippen LogP contribution in [0.15, 0.2) is 53.4 Å². The number of hydrogen-bond donors (Lipinski definition) is 1. The molecule has 2 amide bonds. The lowest BCUT2D eigenvalue weighted by Gasteiger charge is -2.24. The van der Waals surface area contributed by atoms with Crippen LogP contribution in [0.25, 0.3) is 0 Å². The van der Waals surface area contributed by atoms with E-state index in [4.69, 9.17) is 0 Å². The molecule has 0 saturated carbocycles. The fraction of sp³-hybridized carbons (Fsp3) is 0.364. The monoisotopic (exact) mass is 483 g/mol. The Morgan fingerprint density at radius 3 is 2.39 bits per heavy atom. The molecule has 1 atom stereocenters. The van der Waals surface area contributed by atoms with Crippen molar-refractivity contribution < 1.29 is 31.2 Å². The first-order valence-electron chi connectivity index (χ1n) is 10.2. The van der Waals surface area contributed by atoms with Gasteiger partial charge in [-0.1, -0.05) is 18.2 Å². The van der Waals surface area contributed by atoms with Crippen molar-refractivity contribution in [3.8, 4) is 0 Å². The minimum Gasteiger partial charge on any atom is -0.350 e. The van der Waals surface area contributed by atoms with Gasteiger partial charge in [-0.25, -0.2) is 12.7 Å². The van der Waals surface area contributed by atoms with Crippen molar-refractivity contribution in [2.45, 2.75) is 36.5 Å². The van der Waals surface area contributed by atoms with Gasteiger partial charge in [0.2, 0.25) is 15.9 Å². The maximum atomic E-state index is 13.0. The number of amides is 2. The van der Waals surface area contributed by atoms with E-state index in [1.807, 2.05) is 0 Å². The Morgan fingerprint density at radius 2 is 1.79 bits per heavy atom. The minimum atomic E-state index is -4.43. The number of sulfonamides is 1. The number of halogens is 3. The first-order valence-corrected chi connectivity index (χ1v) is 11.6. The molecule has 7 nitrogen and oxygen atoms in total. The lowest BCUT2D eigenvalue weighted by Crippen LogP contribution is -2.45. The molecule has 1 aliphatic rings. The number of likely N-dealkylation sites (tertiary alicyclic amines) is 1. The summed E-state index contributed by atoms with van der Waals surface area (Å²) in [6, 6.07) is 9.36. The highest BCUT2D eigenvalue weighted by atomic mass is 32.2. The first kappa shape index (κ1) is 24.7. The van der Waals surface area contributed by atoms with Crippen LogP contribution < -0.4 is 5.32 Å². The number of carbonyl (C=O) groups is 2. The standard InChI is InChI=1S/C22H24F3N3O4S/c1-27(2)33(31,32)18-6-3-5-16(13-18)21(30)28-12-4-7-19(28)20(29)26-14-15-8-10-17(11-9-15)22(23,24)25/h3,5-6,8-11,13,19H,4,7,12,14H2,1-2H3,(H,26,29)/t19-/m1/s1. The van der Waals surface area contributed by atoms with Crippen LogP contribution in [0.4, 0.5) is 13.2 Å². The summed E-state index contributed by atoms with van der Waals surface area (Å²) in [5, 5.41) is 2.67. The summed E-state index contributed by atoms with van der Waals surface area (Å²) in [5.41, 5.74) is -0.127. The van der Waals surface area contributed by atoms with Crippen LogP contribution in [0, 0.1) is 0 Å². The predicted molar refractivity (Wildman–Crippen MR) is 115 cm³/mol. The molecule has 33 heavy (non-hydrogen) atoms. The molecule has 0 bridgehead atoms. The predicted octanol–water partition coefficient (Wildman–Crippen LogP) is 2.88. The smallest absolute Gasteiger partial charge is 0.350 e. The van der Waals surface area contributed by atoms with Gasteiger partial charge < -0.3 is 10.2 Å². The van der Waals surface area contributed by atoms with E-state index in [0.29, 0.717) is 24.9 Å². The zero-order valence-electron chi connectivity index (χ0n) is 18.1. The lowest BCUT2D eigenvalue weighted by molar-refractivity contribution is -0.137. The van der Waals surface area contributed by atoms with Crippen LogP contribution in [0.3, 0.4) is 0 Å². The zero-order chi connectivity index (χ0) is 24.4. The number of rotatable bonds is 6. The van der Waals surface area contributed by atoms with Crippen molar-refractivity contribution in [3.05, 3.63) is 65.2 Å². The van der Waals surface area contributed by atoms with E-state index in [-0.39, 0.29) is 17.0 Å². The maximum absolute atomic E-state index is 13.0. The second kappa shape index (κ2) is 9.52. The number of nitrogens with zero attached hydrogens (tertiary/aromatic N) is 2. The summed E-state index contributed by atoms with van der Waals surface area (Å²) in [6.07, 6.45) is -3.41. The van der Waals surface area contributed by atoms with Gasteiger partial charge in [-0.3, -0.25) is 9.59 Å². The third-order valence-electron chi connectivity index (χ3n) is 5.42. The Labute approximate surface area is 190 Å². The average molecular weight is 484 g/mol. The second-order valence-electron chi connectivity index (χ2n) is 7.88. The van der Waals surface area contributed by atoms with Crippen molar-refractivity contribution >= 4 is 21.8 Å². The Bertz CT molecular complexity index is 1130. The summed E-state index contributed by atoms with van der Waals surface area (Å²) in [4.78, 5) is 27.1. The molecule has 0 unspecified atom stereocenters. The summed E-state index contributed by atoms with van der Waals surface area (Å²) in [5.74, 6) is -0.879. The number of carbonyl (C=O) groups excluding carboxylic acids is 2. The molecule has 1 fully saturated rings. The average Bonchev–Trinajstić information content (AvgIpc) is 3.26. The SMILES string of the molecule is CN(C)S(=O)(=O)c1cccc(C(=O)N2CCC[C@@H]2C(=O)NCc2ccc(C(F)(F)F)cc2)c1. The number of nitrogens with one attached hydrogen (secondary N) is 1. The van der Waals surface area contributed by atoms with E-state index in [1.165, 1.54) is 55.4 Å². The highest BCUT2D eigenvalue weighted by Crippen LogP contribution is 2.29. The van der Waals surface area contributed by atoms with Crippen molar-refractivity contribution in [3.63, 3.8) is 0 Å². The Balaban J connectivity index is 1.69. The second-order valence-corrected chi connectivity index (χ2v) is 10.0. The fourth-order valence-corrected chi connectivity index (χ4v) is 4.52. The van der Waals surface area contributed by atoms with Crippen LogP contribution in [0.1, 0.15) is 34.3 Å². The molecular weight excluding hydrogens is 459 g/mol. The van der Waals surface area contributed by atoms with E-state index in [1.54, 1.807) is 0 Å². The zero-order valence-corrected chi connectivity index (χ0v) is 18.9. The highest BCUT2D eigenvalue weighted by molar-refractivity contribution is 7.89. The highest BCUT2D eigenvalue weighted by Gasteiger charge is 2.35. The summed E-state index contributed by atoms with van der Waals surface area (Å²) in [6.45, 7) is 0.355. The van der Waals surface area contributed by atoms with Crippen LogP contribution in [-0.4, -0.2) is 56.1 Å². The molecule has 0 aromatic heterocycles. The summed E-state index contributed by atoms with van der Waals surface area (Å²) < 4.78 is 63.8. The van der Waals surface area contributed by atoms with Gasteiger partial charge >= 0.3 is 6.18 Å². The molecule has 2 aromatic carbocycles. The summed E-state index contributed by atoms with van der Waals surface area (Å²) >= 11 is 0. The lowest BCUT2D eigenvalue weighted by atomic mass is 10.1. The van der Waals surface area contributed by atoms with Gasteiger partial charge in [0.15, 0.2) is 0 Å². The van der Waals surface area contributed by atoms with Crippen LogP contribution in [0.2, 0.25) is 0 Å². The van der Waals surface area contributed by atoms with E-state index in [0.717, 1.165) is 16.4 Å². The Kier molecular flexibility index (Phi) is 7.13. The molecule has 178 valence electrons. The van der Waals surface area contributed by atoms with Gasteiger partial charge in [0.05, 0.1) is 10.5 Å². The topological polar surface area (TPSA) is 86.8 Å². The van der Waals surface area contributed by atoms with Gasteiger partial charge in [-0.2, -0.15) is 13.2 Å². The molecule has 0 aliphatic carbocycles. The van der Waals surface area contributed by atoms with Crippen molar-refractivity contribution in [2.75, 3.05) is 20.6 Å². The minimum absolute atomic E-state index is 0.0199. The van der Waals surface area contributed by atoms with E-state index in [2.05, 4.69) is 5.32 Å². The first-order chi connectivity index (χ1) is 15.4. The van der Waals surface area contributed by atoms with Gasteiger partial charge in [0, 0.05) is 32.7 Å². The van der Waals surface area contributed by atoms with Crippen LogP contribution in [0.5, 0.6) is 0 Å². The molecule has 11 heteroatoms. The van der Waals surface area contributed by atoms with E-state index >= 15 is 0 Å². The van der Waals surface area contributed by atoms with Gasteiger partial charge in [0.25, 0.3) is 5.91 Å². The maximum Gasteiger partial charge on any atom is 0.416 e. The molecule has 1 N–H and O–H groups in total. The molecule has 3 rings (SSSR count). The quantitative estimate of drug-likeness (QED) is 0.685. The number of benzene rings is 2. The van der Waals surface area contributed by atoms with Gasteiger partial charge in [-0.15, -0.1) is 0 Å². The van der Waals surface area contributed by atoms with Crippen LogP contribution in [-0.2, 0) is 27.5 Å². The fourth-order valence-electron chi connectivity index (χ4n) is 3.57. The van der Waals surface area contributed by atoms with E-state index in [9.17, 15) is 31.2 Å². The molecule has 0 spiro atoms. The Hall–Kier alpha value is -2.92. The van der Waals surface area contributed by atoms with Crippen molar-refractivity contribution in [1.82, 2.24) is 14.5 Å². The molecular formula is C22H24F3N3O4S. The van der Waals surface area contributed by atoms with E-state index < -0.39 is 39.6 Å². The van der Waals surface area contributed by atoms with Crippen molar-refractivity contribution in [2.24, 2.45) is 0 Å². The van der Waals surface area contributed by atoms with Crippen LogP contribution >= 0.6 is 0 Å². The third-order valence-corrected chi connectivity index (χ3v) is 7.23. The van der Waals surface area contributed by atoms with Gasteiger partial charge in [0.1, 0.15) is 6.04 Å². The molecule has 1 heterocycles. The van der Waals surface area contributed by atoms with Gasteiger partial charge in [-0.05, 0) is 48.7 Å². The molecule has 1 saturated heterocycles. The number of hydrogen-bond acceptors (Lipinski definition) is 4. The third kappa shape index (κ3) is 5.53. The van der Waals surface area contributed by atoms with Crippen molar-refractivity contribution in [1.29, 1.82) is 0 Å². The molecule has 1 aliphatic heterocycles. The largest absolute Gasteiger partial charge is 0.416 e. The normalized spacial score (nSPS) is 16.8. The molecule has 2 aromatic rings. The summed E-state index contributed by atoms with van der Waals surface area (Å²) in [7, 11) is -0.945. The molecule has 0 radical (unpaired) electrons. The number of alkyl halides is 3.